The molecule has 3 rings (SSSR count). The summed E-state index contributed by atoms with van der Waals surface area (Å²) in [5.74, 6) is 0.971. The maximum absolute atomic E-state index is 5.68. The van der Waals surface area contributed by atoms with Gasteiger partial charge in [0.25, 0.3) is 0 Å². The van der Waals surface area contributed by atoms with E-state index in [2.05, 4.69) is 9.88 Å². The average Bonchev–Trinajstić information content (AvgIpc) is 2.87. The van der Waals surface area contributed by atoms with Crippen molar-refractivity contribution in [1.29, 1.82) is 0 Å². The number of nitrogens with two attached hydrogens (primary N) is 1. The molecule has 1 saturated carbocycles. The number of hydrogen-bond donors (Lipinski definition) is 1. The van der Waals surface area contributed by atoms with Crippen LogP contribution in [0.5, 0.6) is 0 Å². The number of rotatable bonds is 2. The Kier molecular flexibility index (Phi) is 4.28. The highest BCUT2D eigenvalue weighted by molar-refractivity contribution is 7.15. The summed E-state index contributed by atoms with van der Waals surface area (Å²) >= 11 is 1.64. The van der Waals surface area contributed by atoms with Crippen molar-refractivity contribution in [3.05, 3.63) is 11.1 Å². The van der Waals surface area contributed by atoms with E-state index in [-0.39, 0.29) is 12.4 Å². The number of thiazole rings is 1. The van der Waals surface area contributed by atoms with E-state index in [1.807, 2.05) is 6.20 Å². The van der Waals surface area contributed by atoms with E-state index < -0.39 is 0 Å². The van der Waals surface area contributed by atoms with Gasteiger partial charge >= 0.3 is 0 Å². The number of aromatic nitrogens is 1. The number of nitrogens with zero attached hydrogens (tertiary/aromatic N) is 2. The number of hydrogen-bond acceptors (Lipinski definition) is 4. The van der Waals surface area contributed by atoms with Crippen molar-refractivity contribution in [2.24, 2.45) is 5.92 Å². The first-order chi connectivity index (χ1) is 7.83. The van der Waals surface area contributed by atoms with Gasteiger partial charge in [-0.25, -0.2) is 4.98 Å². The summed E-state index contributed by atoms with van der Waals surface area (Å²) in [5.41, 5.74) is 5.68. The molecule has 5 heteroatoms. The largest absolute Gasteiger partial charge is 0.375 e. The van der Waals surface area contributed by atoms with Crippen LogP contribution in [-0.2, 0) is 6.54 Å². The molecular weight excluding hydrogens is 254 g/mol. The highest BCUT2D eigenvalue weighted by atomic mass is 35.5. The van der Waals surface area contributed by atoms with Gasteiger partial charge in [0.2, 0.25) is 0 Å². The Bertz CT molecular complexity index is 368. The quantitative estimate of drug-likeness (QED) is 0.901. The summed E-state index contributed by atoms with van der Waals surface area (Å²) in [6.45, 7) is 2.33. The van der Waals surface area contributed by atoms with Crippen LogP contribution < -0.4 is 5.73 Å². The zero-order valence-electron chi connectivity index (χ0n) is 9.97. The molecular formula is C12H20ClN3S. The molecule has 0 aromatic carbocycles. The van der Waals surface area contributed by atoms with Crippen LogP contribution in [0.3, 0.4) is 0 Å². The number of likely N-dealkylation sites (tertiary alicyclic amines) is 1. The zero-order valence-corrected chi connectivity index (χ0v) is 11.6. The average molecular weight is 274 g/mol. The Morgan fingerprint density at radius 3 is 2.94 bits per heavy atom. The summed E-state index contributed by atoms with van der Waals surface area (Å²) in [5, 5.41) is 0.704. The van der Waals surface area contributed by atoms with Gasteiger partial charge in [-0.15, -0.1) is 23.7 Å². The summed E-state index contributed by atoms with van der Waals surface area (Å²) in [7, 11) is 0. The van der Waals surface area contributed by atoms with E-state index >= 15 is 0 Å². The Hall–Kier alpha value is -0.320. The molecule has 0 radical (unpaired) electrons. The monoisotopic (exact) mass is 273 g/mol. The standard InChI is InChI=1S/C12H19N3S.ClH/c13-12-14-7-10(16-12)8-15-6-2-4-9-3-1-5-11(9)15;/h7,9,11H,1-6,8H2,(H2,13,14);1H. The molecule has 2 heterocycles. The lowest BCUT2D eigenvalue weighted by molar-refractivity contribution is 0.107. The lowest BCUT2D eigenvalue weighted by atomic mass is 9.92. The summed E-state index contributed by atoms with van der Waals surface area (Å²) in [6, 6.07) is 0.845. The van der Waals surface area contributed by atoms with Crippen LogP contribution >= 0.6 is 23.7 Å². The summed E-state index contributed by atoms with van der Waals surface area (Å²) < 4.78 is 0. The Morgan fingerprint density at radius 2 is 2.18 bits per heavy atom. The van der Waals surface area contributed by atoms with Crippen LogP contribution in [0.15, 0.2) is 6.20 Å². The molecule has 0 amide bonds. The van der Waals surface area contributed by atoms with E-state index in [1.54, 1.807) is 11.3 Å². The van der Waals surface area contributed by atoms with Gasteiger partial charge in [0.15, 0.2) is 5.13 Å². The third-order valence-electron chi connectivity index (χ3n) is 4.04. The zero-order chi connectivity index (χ0) is 11.0. The van der Waals surface area contributed by atoms with Crippen LogP contribution in [-0.4, -0.2) is 22.5 Å². The molecule has 1 aromatic heterocycles. The van der Waals surface area contributed by atoms with Crippen molar-refractivity contribution in [3.63, 3.8) is 0 Å². The van der Waals surface area contributed by atoms with Gasteiger partial charge in [-0.3, -0.25) is 4.90 Å². The molecule has 0 bridgehead atoms. The van der Waals surface area contributed by atoms with Gasteiger partial charge in [0.05, 0.1) is 0 Å². The van der Waals surface area contributed by atoms with E-state index in [9.17, 15) is 0 Å². The van der Waals surface area contributed by atoms with Crippen molar-refractivity contribution in [2.45, 2.75) is 44.7 Å². The van der Waals surface area contributed by atoms with Crippen molar-refractivity contribution in [2.75, 3.05) is 12.3 Å². The molecule has 2 atom stereocenters. The first-order valence-electron chi connectivity index (χ1n) is 6.27. The minimum atomic E-state index is 0. The normalized spacial score (nSPS) is 28.7. The molecule has 2 fully saturated rings. The molecule has 2 aliphatic rings. The fourth-order valence-corrected chi connectivity index (χ4v) is 4.06. The fourth-order valence-electron chi connectivity index (χ4n) is 3.35. The SMILES string of the molecule is Cl.Nc1ncc(CN2CCCC3CCCC32)s1. The van der Waals surface area contributed by atoms with Crippen LogP contribution in [0.25, 0.3) is 0 Å². The van der Waals surface area contributed by atoms with Crippen LogP contribution in [0.4, 0.5) is 5.13 Å². The molecule has 96 valence electrons. The van der Waals surface area contributed by atoms with E-state index in [0.29, 0.717) is 5.13 Å². The minimum Gasteiger partial charge on any atom is -0.375 e. The number of fused-ring (bicyclic) bond motifs is 1. The van der Waals surface area contributed by atoms with Crippen molar-refractivity contribution in [3.8, 4) is 0 Å². The lowest BCUT2D eigenvalue weighted by Crippen LogP contribution is -2.41. The lowest BCUT2D eigenvalue weighted by Gasteiger charge is -2.37. The molecule has 2 unspecified atom stereocenters. The molecule has 2 N–H and O–H groups in total. The number of piperidine rings is 1. The van der Waals surface area contributed by atoms with Crippen molar-refractivity contribution < 1.29 is 0 Å². The topological polar surface area (TPSA) is 42.1 Å². The first kappa shape index (κ1) is 13.1. The van der Waals surface area contributed by atoms with Gasteiger partial charge < -0.3 is 5.73 Å². The van der Waals surface area contributed by atoms with Crippen LogP contribution in [0.1, 0.15) is 37.0 Å². The van der Waals surface area contributed by atoms with Gasteiger partial charge in [-0.05, 0) is 38.1 Å². The fraction of sp³-hybridized carbons (Fsp3) is 0.750. The Labute approximate surface area is 113 Å². The van der Waals surface area contributed by atoms with Crippen LogP contribution in [0, 0.1) is 5.92 Å². The van der Waals surface area contributed by atoms with E-state index in [1.165, 1.54) is 43.5 Å². The minimum absolute atomic E-state index is 0. The van der Waals surface area contributed by atoms with E-state index in [4.69, 9.17) is 5.73 Å². The summed E-state index contributed by atoms with van der Waals surface area (Å²) in [6.07, 6.45) is 9.04. The Morgan fingerprint density at radius 1 is 1.35 bits per heavy atom. The van der Waals surface area contributed by atoms with Gasteiger partial charge in [0, 0.05) is 23.7 Å². The molecule has 0 spiro atoms. The van der Waals surface area contributed by atoms with Gasteiger partial charge in [-0.1, -0.05) is 6.42 Å². The van der Waals surface area contributed by atoms with Gasteiger partial charge in [-0.2, -0.15) is 0 Å². The molecule has 1 aliphatic heterocycles. The number of nitrogen functional groups attached to an aromatic ring is 1. The predicted octanol–water partition coefficient (Wildman–Crippen LogP) is 2.91. The maximum Gasteiger partial charge on any atom is 0.180 e. The Balaban J connectivity index is 0.00000108. The van der Waals surface area contributed by atoms with E-state index in [0.717, 1.165) is 18.5 Å². The van der Waals surface area contributed by atoms with Crippen molar-refractivity contribution in [1.82, 2.24) is 9.88 Å². The highest BCUT2D eigenvalue weighted by Gasteiger charge is 2.34. The van der Waals surface area contributed by atoms with Gasteiger partial charge in [0.1, 0.15) is 0 Å². The second-order valence-corrected chi connectivity index (χ2v) is 6.18. The molecule has 1 aromatic rings. The van der Waals surface area contributed by atoms with Crippen molar-refractivity contribution >= 4 is 28.9 Å². The highest BCUT2D eigenvalue weighted by Crippen LogP contribution is 2.37. The summed E-state index contributed by atoms with van der Waals surface area (Å²) in [4.78, 5) is 8.12. The molecule has 17 heavy (non-hydrogen) atoms. The number of anilines is 1. The first-order valence-corrected chi connectivity index (χ1v) is 7.09. The third kappa shape index (κ3) is 2.75. The second-order valence-electron chi connectivity index (χ2n) is 5.04. The predicted molar refractivity (Wildman–Crippen MR) is 74.5 cm³/mol. The number of halogens is 1. The third-order valence-corrected chi connectivity index (χ3v) is 4.85. The maximum atomic E-state index is 5.68. The second kappa shape index (κ2) is 5.55. The molecule has 1 aliphatic carbocycles. The molecule has 1 saturated heterocycles. The molecule has 3 nitrogen and oxygen atoms in total. The van der Waals surface area contributed by atoms with Crippen LogP contribution in [0.2, 0.25) is 0 Å². The smallest absolute Gasteiger partial charge is 0.180 e.